The minimum absolute atomic E-state index is 0.125. The molecule has 108 valence electrons. The molecule has 1 aromatic rings. The van der Waals surface area contributed by atoms with Crippen LogP contribution in [0, 0.1) is 5.82 Å². The van der Waals surface area contributed by atoms with Crippen molar-refractivity contribution in [3.05, 3.63) is 18.2 Å². The van der Waals surface area contributed by atoms with Crippen molar-refractivity contribution in [2.24, 2.45) is 0 Å². The van der Waals surface area contributed by atoms with Gasteiger partial charge in [0, 0.05) is 11.7 Å². The van der Waals surface area contributed by atoms with Crippen molar-refractivity contribution in [3.63, 3.8) is 0 Å². The van der Waals surface area contributed by atoms with E-state index in [4.69, 9.17) is 14.0 Å². The second-order valence-corrected chi connectivity index (χ2v) is 6.45. The van der Waals surface area contributed by atoms with Crippen LogP contribution in [0.5, 0.6) is 5.75 Å². The fourth-order valence-electron chi connectivity index (χ4n) is 2.02. The molecule has 6 heteroatoms. The summed E-state index contributed by atoms with van der Waals surface area (Å²) >= 11 is 0. The summed E-state index contributed by atoms with van der Waals surface area (Å²) in [4.78, 5) is 4.04. The number of halogens is 1. The summed E-state index contributed by atoms with van der Waals surface area (Å²) in [5.41, 5.74) is -0.712. The number of aromatic nitrogens is 1. The van der Waals surface area contributed by atoms with Crippen molar-refractivity contribution in [1.82, 2.24) is 4.98 Å². The summed E-state index contributed by atoms with van der Waals surface area (Å²) in [5, 5.41) is 0. The van der Waals surface area contributed by atoms with E-state index >= 15 is 0 Å². The molecule has 2 fully saturated rings. The lowest BCUT2D eigenvalue weighted by Crippen LogP contribution is -2.41. The van der Waals surface area contributed by atoms with Crippen LogP contribution in [0.25, 0.3) is 0 Å². The van der Waals surface area contributed by atoms with Gasteiger partial charge >= 0.3 is 7.12 Å². The molecule has 2 aliphatic rings. The van der Waals surface area contributed by atoms with Gasteiger partial charge in [-0.25, -0.2) is 4.39 Å². The SMILES string of the molecule is CC1(C)OB(c2cncc(OC3CC3)c2F)OC1(C)C. The van der Waals surface area contributed by atoms with Gasteiger partial charge < -0.3 is 14.0 Å². The normalized spacial score (nSPS) is 23.9. The largest absolute Gasteiger partial charge is 0.499 e. The molecule has 2 heterocycles. The van der Waals surface area contributed by atoms with E-state index < -0.39 is 24.1 Å². The van der Waals surface area contributed by atoms with Crippen LogP contribution in [-0.4, -0.2) is 29.4 Å². The van der Waals surface area contributed by atoms with E-state index in [9.17, 15) is 4.39 Å². The Morgan fingerprint density at radius 2 is 1.80 bits per heavy atom. The average Bonchev–Trinajstić information content (AvgIpc) is 3.10. The molecule has 1 saturated heterocycles. The van der Waals surface area contributed by atoms with Gasteiger partial charge in [-0.05, 0) is 40.5 Å². The smallest absolute Gasteiger partial charge is 0.486 e. The zero-order valence-corrected chi connectivity index (χ0v) is 12.3. The molecule has 0 unspecified atom stereocenters. The Morgan fingerprint density at radius 3 is 2.35 bits per heavy atom. The number of pyridine rings is 1. The van der Waals surface area contributed by atoms with E-state index in [1.54, 1.807) is 0 Å². The quantitative estimate of drug-likeness (QED) is 0.794. The van der Waals surface area contributed by atoms with Crippen molar-refractivity contribution in [1.29, 1.82) is 0 Å². The second-order valence-electron chi connectivity index (χ2n) is 6.45. The number of hydrogen-bond acceptors (Lipinski definition) is 4. The molecule has 0 atom stereocenters. The van der Waals surface area contributed by atoms with E-state index in [2.05, 4.69) is 4.98 Å². The van der Waals surface area contributed by atoms with Gasteiger partial charge in [-0.3, -0.25) is 4.98 Å². The zero-order valence-electron chi connectivity index (χ0n) is 12.3. The molecule has 0 N–H and O–H groups in total. The van der Waals surface area contributed by atoms with Crippen molar-refractivity contribution >= 4 is 12.6 Å². The molecule has 20 heavy (non-hydrogen) atoms. The van der Waals surface area contributed by atoms with Gasteiger partial charge in [0.1, 0.15) is 0 Å². The fraction of sp³-hybridized carbons (Fsp3) is 0.643. The molecular formula is C14H19BFNO3. The highest BCUT2D eigenvalue weighted by atomic mass is 19.1. The first-order valence-corrected chi connectivity index (χ1v) is 6.96. The third-order valence-corrected chi connectivity index (χ3v) is 4.20. The first-order valence-electron chi connectivity index (χ1n) is 6.96. The minimum Gasteiger partial charge on any atom is -0.486 e. The van der Waals surface area contributed by atoms with Crippen LogP contribution < -0.4 is 10.2 Å². The van der Waals surface area contributed by atoms with E-state index in [0.29, 0.717) is 5.46 Å². The predicted octanol–water partition coefficient (Wildman–Crippen LogP) is 2.06. The van der Waals surface area contributed by atoms with Gasteiger partial charge in [0.15, 0.2) is 11.6 Å². The maximum atomic E-state index is 14.5. The molecule has 1 saturated carbocycles. The third kappa shape index (κ3) is 2.31. The van der Waals surface area contributed by atoms with Crippen LogP contribution in [0.15, 0.2) is 12.4 Å². The van der Waals surface area contributed by atoms with Crippen LogP contribution in [0.1, 0.15) is 40.5 Å². The third-order valence-electron chi connectivity index (χ3n) is 4.20. The summed E-state index contributed by atoms with van der Waals surface area (Å²) in [6.07, 6.45) is 4.92. The summed E-state index contributed by atoms with van der Waals surface area (Å²) in [6, 6.07) is 0. The van der Waals surface area contributed by atoms with Crippen molar-refractivity contribution < 1.29 is 18.4 Å². The van der Waals surface area contributed by atoms with Crippen LogP contribution in [0.3, 0.4) is 0 Å². The lowest BCUT2D eigenvalue weighted by molar-refractivity contribution is 0.00578. The Bertz CT molecular complexity index is 515. The average molecular weight is 279 g/mol. The molecule has 0 bridgehead atoms. The van der Waals surface area contributed by atoms with Gasteiger partial charge in [0.2, 0.25) is 0 Å². The Kier molecular flexibility index (Phi) is 3.06. The standard InChI is InChI=1S/C14H19BFNO3/c1-13(2)14(3,4)20-15(19-13)10-7-17-8-11(12(10)16)18-9-5-6-9/h7-9H,5-6H2,1-4H3. The molecule has 1 aliphatic heterocycles. The highest BCUT2D eigenvalue weighted by molar-refractivity contribution is 6.62. The summed E-state index contributed by atoms with van der Waals surface area (Å²) in [7, 11) is -0.754. The lowest BCUT2D eigenvalue weighted by atomic mass is 9.80. The molecule has 1 aliphatic carbocycles. The van der Waals surface area contributed by atoms with Gasteiger partial charge in [0.25, 0.3) is 0 Å². The molecule has 0 amide bonds. The Balaban J connectivity index is 1.87. The van der Waals surface area contributed by atoms with Crippen molar-refractivity contribution in [2.75, 3.05) is 0 Å². The van der Waals surface area contributed by atoms with Gasteiger partial charge in [-0.2, -0.15) is 0 Å². The lowest BCUT2D eigenvalue weighted by Gasteiger charge is -2.32. The maximum Gasteiger partial charge on any atom is 0.499 e. The highest BCUT2D eigenvalue weighted by Crippen LogP contribution is 2.37. The Hall–Kier alpha value is -1.14. The first kappa shape index (κ1) is 13.8. The molecular weight excluding hydrogens is 260 g/mol. The number of rotatable bonds is 3. The second kappa shape index (κ2) is 4.43. The van der Waals surface area contributed by atoms with Gasteiger partial charge in [0.05, 0.1) is 23.5 Å². The Labute approximate surface area is 118 Å². The topological polar surface area (TPSA) is 40.6 Å². The molecule has 3 rings (SSSR count). The van der Waals surface area contributed by atoms with E-state index in [1.807, 2.05) is 27.7 Å². The number of nitrogens with zero attached hydrogens (tertiary/aromatic N) is 1. The van der Waals surface area contributed by atoms with E-state index in [0.717, 1.165) is 12.8 Å². The summed E-state index contributed by atoms with van der Waals surface area (Å²) in [6.45, 7) is 7.73. The number of hydrogen-bond donors (Lipinski definition) is 0. The monoisotopic (exact) mass is 279 g/mol. The molecule has 1 aromatic heterocycles. The van der Waals surface area contributed by atoms with Crippen molar-refractivity contribution in [2.45, 2.75) is 57.8 Å². The van der Waals surface area contributed by atoms with Crippen molar-refractivity contribution in [3.8, 4) is 5.75 Å². The minimum atomic E-state index is -0.754. The molecule has 4 nitrogen and oxygen atoms in total. The van der Waals surface area contributed by atoms with Crippen LogP contribution in [-0.2, 0) is 9.31 Å². The van der Waals surface area contributed by atoms with E-state index in [1.165, 1.54) is 12.4 Å². The highest BCUT2D eigenvalue weighted by Gasteiger charge is 2.52. The molecule has 0 aromatic carbocycles. The van der Waals surface area contributed by atoms with E-state index in [-0.39, 0.29) is 11.9 Å². The summed E-state index contributed by atoms with van der Waals surface area (Å²) < 4.78 is 31.7. The van der Waals surface area contributed by atoms with Crippen LogP contribution in [0.2, 0.25) is 0 Å². The van der Waals surface area contributed by atoms with Crippen LogP contribution >= 0.6 is 0 Å². The maximum absolute atomic E-state index is 14.5. The van der Waals surface area contributed by atoms with Gasteiger partial charge in [-0.15, -0.1) is 0 Å². The van der Waals surface area contributed by atoms with Crippen LogP contribution in [0.4, 0.5) is 4.39 Å². The molecule has 0 radical (unpaired) electrons. The fourth-order valence-corrected chi connectivity index (χ4v) is 2.02. The summed E-state index contributed by atoms with van der Waals surface area (Å²) in [5.74, 6) is -0.259. The first-order chi connectivity index (χ1) is 9.30. The zero-order chi connectivity index (χ0) is 14.5. The van der Waals surface area contributed by atoms with Gasteiger partial charge in [-0.1, -0.05) is 0 Å². The molecule has 0 spiro atoms. The Morgan fingerprint density at radius 1 is 1.20 bits per heavy atom. The predicted molar refractivity (Wildman–Crippen MR) is 73.6 cm³/mol. The number of ether oxygens (including phenoxy) is 1.